The van der Waals surface area contributed by atoms with E-state index < -0.39 is 0 Å². The monoisotopic (exact) mass is 425 g/mol. The average Bonchev–Trinajstić information content (AvgIpc) is 3.38. The fraction of sp³-hybridized carbons (Fsp3) is 0.238. The number of hydrogen-bond acceptors (Lipinski definition) is 6. The van der Waals surface area contributed by atoms with Gasteiger partial charge in [-0.25, -0.2) is 0 Å². The van der Waals surface area contributed by atoms with E-state index >= 15 is 0 Å². The molecular weight excluding hydrogens is 402 g/mol. The predicted octanol–water partition coefficient (Wildman–Crippen LogP) is 3.33. The van der Waals surface area contributed by atoms with Gasteiger partial charge in [-0.05, 0) is 37.1 Å². The SMILES string of the molecule is C=CCn1c(CNC(=O)c2ccco2)nnc1SCC(=O)Nc1c(C)cccc1C. The molecule has 0 atom stereocenters. The lowest BCUT2D eigenvalue weighted by molar-refractivity contribution is -0.113. The van der Waals surface area contributed by atoms with Crippen LogP contribution >= 0.6 is 11.8 Å². The standard InChI is InChI=1S/C21H23N5O3S/c1-4-10-26-17(12-22-20(28)16-9-6-11-29-16)24-25-21(26)30-13-18(27)23-19-14(2)7-5-8-15(19)3/h4-9,11H,1,10,12-13H2,2-3H3,(H,22,28)(H,23,27). The number of aryl methyl sites for hydroxylation is 2. The average molecular weight is 426 g/mol. The van der Waals surface area contributed by atoms with Crippen LogP contribution in [0.5, 0.6) is 0 Å². The van der Waals surface area contributed by atoms with E-state index in [-0.39, 0.29) is 29.9 Å². The first-order valence-corrected chi connectivity index (χ1v) is 10.3. The maximum absolute atomic E-state index is 12.4. The molecule has 0 bridgehead atoms. The largest absolute Gasteiger partial charge is 0.459 e. The van der Waals surface area contributed by atoms with Crippen molar-refractivity contribution in [1.29, 1.82) is 0 Å². The van der Waals surface area contributed by atoms with Crippen molar-refractivity contribution in [2.45, 2.75) is 32.1 Å². The van der Waals surface area contributed by atoms with E-state index in [1.807, 2.05) is 36.6 Å². The highest BCUT2D eigenvalue weighted by molar-refractivity contribution is 7.99. The van der Waals surface area contributed by atoms with Crippen molar-refractivity contribution < 1.29 is 14.0 Å². The van der Waals surface area contributed by atoms with E-state index in [1.54, 1.807) is 18.2 Å². The van der Waals surface area contributed by atoms with Gasteiger partial charge >= 0.3 is 0 Å². The van der Waals surface area contributed by atoms with Gasteiger partial charge in [0.2, 0.25) is 5.91 Å². The first-order chi connectivity index (χ1) is 14.5. The summed E-state index contributed by atoms with van der Waals surface area (Å²) in [5, 5.41) is 14.6. The molecule has 2 N–H and O–H groups in total. The number of hydrogen-bond donors (Lipinski definition) is 2. The maximum Gasteiger partial charge on any atom is 0.287 e. The summed E-state index contributed by atoms with van der Waals surface area (Å²) in [5.74, 6) is 0.505. The van der Waals surface area contributed by atoms with Crippen LogP contribution in [-0.2, 0) is 17.9 Å². The number of thioether (sulfide) groups is 1. The van der Waals surface area contributed by atoms with Crippen LogP contribution in [0.15, 0.2) is 58.8 Å². The van der Waals surface area contributed by atoms with Crippen molar-refractivity contribution in [1.82, 2.24) is 20.1 Å². The number of amides is 2. The Hall–Kier alpha value is -3.33. The Labute approximate surface area is 178 Å². The Morgan fingerprint density at radius 1 is 1.20 bits per heavy atom. The van der Waals surface area contributed by atoms with Crippen LogP contribution in [0.25, 0.3) is 0 Å². The van der Waals surface area contributed by atoms with Crippen molar-refractivity contribution >= 4 is 29.3 Å². The number of benzene rings is 1. The van der Waals surface area contributed by atoms with Gasteiger partial charge in [-0.15, -0.1) is 16.8 Å². The third kappa shape index (κ3) is 5.18. The first-order valence-electron chi connectivity index (χ1n) is 9.33. The molecule has 0 saturated carbocycles. The lowest BCUT2D eigenvalue weighted by Gasteiger charge is -2.11. The number of nitrogens with zero attached hydrogens (tertiary/aromatic N) is 3. The normalized spacial score (nSPS) is 10.6. The molecule has 30 heavy (non-hydrogen) atoms. The Kier molecular flexibility index (Phi) is 7.08. The van der Waals surface area contributed by atoms with E-state index in [0.29, 0.717) is 17.5 Å². The maximum atomic E-state index is 12.4. The van der Waals surface area contributed by atoms with Crippen molar-refractivity contribution in [2.24, 2.45) is 0 Å². The number of para-hydroxylation sites is 1. The molecule has 0 unspecified atom stereocenters. The molecule has 8 nitrogen and oxygen atoms in total. The van der Waals surface area contributed by atoms with E-state index in [4.69, 9.17) is 4.42 Å². The van der Waals surface area contributed by atoms with Crippen LogP contribution < -0.4 is 10.6 Å². The van der Waals surface area contributed by atoms with E-state index in [1.165, 1.54) is 18.0 Å². The zero-order chi connectivity index (χ0) is 21.5. The summed E-state index contributed by atoms with van der Waals surface area (Å²) in [6.07, 6.45) is 3.15. The second kappa shape index (κ2) is 9.93. The van der Waals surface area contributed by atoms with Crippen LogP contribution in [0, 0.1) is 13.8 Å². The van der Waals surface area contributed by atoms with Gasteiger partial charge in [0, 0.05) is 12.2 Å². The number of anilines is 1. The van der Waals surface area contributed by atoms with Crippen molar-refractivity contribution in [3.63, 3.8) is 0 Å². The molecule has 2 amide bonds. The zero-order valence-corrected chi connectivity index (χ0v) is 17.7. The topological polar surface area (TPSA) is 102 Å². The Morgan fingerprint density at radius 3 is 2.63 bits per heavy atom. The van der Waals surface area contributed by atoms with Gasteiger partial charge < -0.3 is 19.6 Å². The molecule has 3 rings (SSSR count). The summed E-state index contributed by atoms with van der Waals surface area (Å²) in [5.41, 5.74) is 2.85. The second-order valence-electron chi connectivity index (χ2n) is 6.56. The summed E-state index contributed by atoms with van der Waals surface area (Å²) in [6, 6.07) is 9.10. The Bertz CT molecular complexity index is 1020. The van der Waals surface area contributed by atoms with Gasteiger partial charge in [-0.3, -0.25) is 9.59 Å². The molecule has 2 heterocycles. The van der Waals surface area contributed by atoms with Gasteiger partial charge in [0.15, 0.2) is 16.7 Å². The number of nitrogens with one attached hydrogen (secondary N) is 2. The van der Waals surface area contributed by atoms with Crippen molar-refractivity contribution in [3.8, 4) is 0 Å². The molecule has 2 aromatic heterocycles. The minimum atomic E-state index is -0.338. The number of rotatable bonds is 9. The molecule has 3 aromatic rings. The fourth-order valence-corrected chi connectivity index (χ4v) is 3.61. The predicted molar refractivity (Wildman–Crippen MR) is 115 cm³/mol. The summed E-state index contributed by atoms with van der Waals surface area (Å²) in [7, 11) is 0. The molecule has 156 valence electrons. The number of carbonyl (C=O) groups excluding carboxylic acids is 2. The first kappa shape index (κ1) is 21.4. The second-order valence-corrected chi connectivity index (χ2v) is 7.50. The van der Waals surface area contributed by atoms with E-state index in [9.17, 15) is 9.59 Å². The lowest BCUT2D eigenvalue weighted by Crippen LogP contribution is -2.24. The van der Waals surface area contributed by atoms with Gasteiger partial charge in [0.1, 0.15) is 0 Å². The third-order valence-corrected chi connectivity index (χ3v) is 5.30. The summed E-state index contributed by atoms with van der Waals surface area (Å²) in [4.78, 5) is 24.5. The minimum Gasteiger partial charge on any atom is -0.459 e. The molecule has 0 radical (unpaired) electrons. The molecule has 9 heteroatoms. The number of allylic oxidation sites excluding steroid dienone is 1. The molecule has 0 aliphatic carbocycles. The van der Waals surface area contributed by atoms with Gasteiger partial charge in [-0.1, -0.05) is 36.0 Å². The molecule has 1 aromatic carbocycles. The Balaban J connectivity index is 1.62. The molecule has 0 saturated heterocycles. The highest BCUT2D eigenvalue weighted by atomic mass is 32.2. The third-order valence-electron chi connectivity index (χ3n) is 4.34. The highest BCUT2D eigenvalue weighted by Gasteiger charge is 2.16. The van der Waals surface area contributed by atoms with Crippen molar-refractivity contribution in [3.05, 3.63) is 72.0 Å². The summed E-state index contributed by atoms with van der Waals surface area (Å²) in [6.45, 7) is 8.31. The number of furan rings is 1. The highest BCUT2D eigenvalue weighted by Crippen LogP contribution is 2.21. The number of carbonyl (C=O) groups is 2. The van der Waals surface area contributed by atoms with Gasteiger partial charge in [0.25, 0.3) is 5.91 Å². The van der Waals surface area contributed by atoms with Crippen molar-refractivity contribution in [2.75, 3.05) is 11.1 Å². The smallest absolute Gasteiger partial charge is 0.287 e. The quantitative estimate of drug-likeness (QED) is 0.403. The lowest BCUT2D eigenvalue weighted by atomic mass is 10.1. The molecule has 0 aliphatic rings. The molecule has 0 fully saturated rings. The van der Waals surface area contributed by atoms with Crippen LogP contribution in [0.1, 0.15) is 27.5 Å². The van der Waals surface area contributed by atoms with Crippen LogP contribution in [-0.4, -0.2) is 32.3 Å². The van der Waals surface area contributed by atoms with Crippen LogP contribution in [0.3, 0.4) is 0 Å². The summed E-state index contributed by atoms with van der Waals surface area (Å²) >= 11 is 1.28. The van der Waals surface area contributed by atoms with Gasteiger partial charge in [-0.2, -0.15) is 0 Å². The number of aromatic nitrogens is 3. The van der Waals surface area contributed by atoms with Crippen LogP contribution in [0.2, 0.25) is 0 Å². The summed E-state index contributed by atoms with van der Waals surface area (Å²) < 4.78 is 6.89. The van der Waals surface area contributed by atoms with Gasteiger partial charge in [0.05, 0.1) is 18.6 Å². The van der Waals surface area contributed by atoms with Crippen LogP contribution in [0.4, 0.5) is 5.69 Å². The zero-order valence-electron chi connectivity index (χ0n) is 16.8. The Morgan fingerprint density at radius 2 is 1.97 bits per heavy atom. The van der Waals surface area contributed by atoms with E-state index in [0.717, 1.165) is 16.8 Å². The molecular formula is C21H23N5O3S. The molecule has 0 spiro atoms. The van der Waals surface area contributed by atoms with E-state index in [2.05, 4.69) is 27.4 Å². The fourth-order valence-electron chi connectivity index (χ4n) is 2.84. The molecule has 0 aliphatic heterocycles. The minimum absolute atomic E-state index is 0.127.